The Balaban J connectivity index is 1.36. The van der Waals surface area contributed by atoms with E-state index in [1.807, 2.05) is 24.0 Å². The number of hydrogen-bond acceptors (Lipinski definition) is 8. The molecule has 8 heteroatoms. The first-order chi connectivity index (χ1) is 12.8. The number of likely N-dealkylation sites (N-methyl/N-ethyl adjacent to an activating group) is 1. The molecule has 2 aliphatic rings. The van der Waals surface area contributed by atoms with E-state index in [1.54, 1.807) is 0 Å². The molecule has 140 valence electrons. The molecule has 0 aromatic carbocycles. The zero-order valence-corrected chi connectivity index (χ0v) is 16.1. The number of thioether (sulfide) groups is 1. The quantitative estimate of drug-likeness (QED) is 0.785. The Kier molecular flexibility index (Phi) is 5.72. The summed E-state index contributed by atoms with van der Waals surface area (Å²) in [5.41, 5.74) is 0.908. The van der Waals surface area contributed by atoms with Gasteiger partial charge >= 0.3 is 0 Å². The number of hydrogen-bond donors (Lipinski definition) is 0. The van der Waals surface area contributed by atoms with E-state index in [1.165, 1.54) is 11.5 Å². The van der Waals surface area contributed by atoms with E-state index in [2.05, 4.69) is 42.8 Å². The molecule has 0 bridgehead atoms. The van der Waals surface area contributed by atoms with Crippen LogP contribution in [0.15, 0.2) is 22.9 Å². The number of pyridine rings is 1. The van der Waals surface area contributed by atoms with Crippen molar-refractivity contribution in [2.45, 2.75) is 13.5 Å². The van der Waals surface area contributed by atoms with Gasteiger partial charge in [-0.1, -0.05) is 12.1 Å². The molecule has 2 aliphatic heterocycles. The Morgan fingerprint density at radius 1 is 1.04 bits per heavy atom. The van der Waals surface area contributed by atoms with Gasteiger partial charge in [-0.05, 0) is 18.7 Å². The summed E-state index contributed by atoms with van der Waals surface area (Å²) in [6.07, 6.45) is 1.85. The first-order valence-electron chi connectivity index (χ1n) is 9.38. The van der Waals surface area contributed by atoms with Gasteiger partial charge in [0.2, 0.25) is 11.7 Å². The summed E-state index contributed by atoms with van der Waals surface area (Å²) < 4.78 is 5.46. The summed E-state index contributed by atoms with van der Waals surface area (Å²) in [6, 6.07) is 4.10. The molecule has 2 aromatic rings. The SMILES string of the molecule is CCN1CCN(Cc2nc(-c3ccc(N4CCSCC4)nc3)no2)CC1. The van der Waals surface area contributed by atoms with Crippen molar-refractivity contribution in [3.05, 3.63) is 24.2 Å². The van der Waals surface area contributed by atoms with Crippen LogP contribution in [0, 0.1) is 0 Å². The van der Waals surface area contributed by atoms with E-state index in [-0.39, 0.29) is 0 Å². The van der Waals surface area contributed by atoms with Crippen LogP contribution in [0.2, 0.25) is 0 Å². The number of rotatable bonds is 5. The zero-order chi connectivity index (χ0) is 17.8. The Bertz CT molecular complexity index is 692. The van der Waals surface area contributed by atoms with Gasteiger partial charge in [0.25, 0.3) is 0 Å². The number of piperazine rings is 1. The maximum atomic E-state index is 5.46. The highest BCUT2D eigenvalue weighted by atomic mass is 32.2. The first-order valence-corrected chi connectivity index (χ1v) is 10.5. The van der Waals surface area contributed by atoms with Crippen LogP contribution in [0.25, 0.3) is 11.4 Å². The fourth-order valence-corrected chi connectivity index (χ4v) is 4.29. The van der Waals surface area contributed by atoms with Gasteiger partial charge in [-0.2, -0.15) is 16.7 Å². The van der Waals surface area contributed by atoms with Crippen LogP contribution >= 0.6 is 11.8 Å². The van der Waals surface area contributed by atoms with Crippen LogP contribution in [-0.4, -0.2) is 82.2 Å². The van der Waals surface area contributed by atoms with Crippen LogP contribution in [0.4, 0.5) is 5.82 Å². The molecule has 26 heavy (non-hydrogen) atoms. The lowest BCUT2D eigenvalue weighted by Crippen LogP contribution is -2.45. The minimum absolute atomic E-state index is 0.625. The summed E-state index contributed by atoms with van der Waals surface area (Å²) in [7, 11) is 0. The van der Waals surface area contributed by atoms with E-state index in [0.717, 1.165) is 63.7 Å². The molecule has 0 N–H and O–H groups in total. The highest BCUT2D eigenvalue weighted by molar-refractivity contribution is 7.99. The van der Waals surface area contributed by atoms with Gasteiger partial charge in [-0.25, -0.2) is 4.98 Å². The maximum Gasteiger partial charge on any atom is 0.241 e. The summed E-state index contributed by atoms with van der Waals surface area (Å²) in [5.74, 6) is 4.68. The second-order valence-corrected chi connectivity index (χ2v) is 7.95. The predicted octanol–water partition coefficient (Wildman–Crippen LogP) is 1.82. The average Bonchev–Trinajstić information content (AvgIpc) is 3.18. The second-order valence-electron chi connectivity index (χ2n) is 6.73. The molecule has 0 atom stereocenters. The van der Waals surface area contributed by atoms with E-state index in [0.29, 0.717) is 11.7 Å². The van der Waals surface area contributed by atoms with E-state index in [4.69, 9.17) is 4.52 Å². The summed E-state index contributed by atoms with van der Waals surface area (Å²) in [4.78, 5) is 16.3. The van der Waals surface area contributed by atoms with E-state index < -0.39 is 0 Å². The summed E-state index contributed by atoms with van der Waals surface area (Å²) >= 11 is 2.00. The van der Waals surface area contributed by atoms with Crippen molar-refractivity contribution in [2.75, 3.05) is 62.2 Å². The molecular weight excluding hydrogens is 348 g/mol. The third-order valence-electron chi connectivity index (χ3n) is 5.08. The molecular formula is C18H26N6OS. The molecule has 2 saturated heterocycles. The van der Waals surface area contributed by atoms with Crippen molar-refractivity contribution >= 4 is 17.6 Å². The van der Waals surface area contributed by atoms with Crippen LogP contribution in [0.5, 0.6) is 0 Å². The van der Waals surface area contributed by atoms with Crippen molar-refractivity contribution < 1.29 is 4.52 Å². The summed E-state index contributed by atoms with van der Waals surface area (Å²) in [6.45, 7) is 10.5. The van der Waals surface area contributed by atoms with Crippen molar-refractivity contribution in [3.8, 4) is 11.4 Å². The molecule has 4 rings (SSSR count). The number of aromatic nitrogens is 3. The molecule has 0 spiro atoms. The van der Waals surface area contributed by atoms with Crippen LogP contribution in [0.3, 0.4) is 0 Å². The standard InChI is InChI=1S/C18H26N6OS/c1-2-22-5-7-23(8-6-22)14-17-20-18(21-25-17)15-3-4-16(19-13-15)24-9-11-26-12-10-24/h3-4,13H,2,5-12,14H2,1H3. The highest BCUT2D eigenvalue weighted by Gasteiger charge is 2.19. The van der Waals surface area contributed by atoms with Gasteiger partial charge in [-0.15, -0.1) is 0 Å². The second kappa shape index (κ2) is 8.37. The van der Waals surface area contributed by atoms with Gasteiger partial charge < -0.3 is 14.3 Å². The van der Waals surface area contributed by atoms with Crippen molar-refractivity contribution in [3.63, 3.8) is 0 Å². The fourth-order valence-electron chi connectivity index (χ4n) is 3.39. The lowest BCUT2D eigenvalue weighted by atomic mass is 10.2. The molecule has 0 saturated carbocycles. The molecule has 4 heterocycles. The highest BCUT2D eigenvalue weighted by Crippen LogP contribution is 2.21. The van der Waals surface area contributed by atoms with Gasteiger partial charge in [0, 0.05) is 62.5 Å². The minimum Gasteiger partial charge on any atom is -0.355 e. The Hall–Kier alpha value is -1.64. The Morgan fingerprint density at radius 3 is 2.50 bits per heavy atom. The topological polar surface area (TPSA) is 61.5 Å². The van der Waals surface area contributed by atoms with Crippen LogP contribution in [0.1, 0.15) is 12.8 Å². The first kappa shape index (κ1) is 17.8. The van der Waals surface area contributed by atoms with Gasteiger partial charge in [0.1, 0.15) is 5.82 Å². The largest absolute Gasteiger partial charge is 0.355 e. The Morgan fingerprint density at radius 2 is 1.81 bits per heavy atom. The van der Waals surface area contributed by atoms with Crippen molar-refractivity contribution in [1.29, 1.82) is 0 Å². The molecule has 0 radical (unpaired) electrons. The monoisotopic (exact) mass is 374 g/mol. The smallest absolute Gasteiger partial charge is 0.241 e. The molecule has 0 amide bonds. The van der Waals surface area contributed by atoms with Crippen molar-refractivity contribution in [1.82, 2.24) is 24.9 Å². The number of nitrogens with zero attached hydrogens (tertiary/aromatic N) is 6. The lowest BCUT2D eigenvalue weighted by Gasteiger charge is -2.33. The van der Waals surface area contributed by atoms with Gasteiger partial charge in [0.05, 0.1) is 6.54 Å². The average molecular weight is 375 g/mol. The molecule has 0 aliphatic carbocycles. The minimum atomic E-state index is 0.625. The molecule has 2 fully saturated rings. The van der Waals surface area contributed by atoms with Crippen LogP contribution in [-0.2, 0) is 6.54 Å². The number of anilines is 1. The van der Waals surface area contributed by atoms with Crippen molar-refractivity contribution in [2.24, 2.45) is 0 Å². The lowest BCUT2D eigenvalue weighted by molar-refractivity contribution is 0.121. The fraction of sp³-hybridized carbons (Fsp3) is 0.611. The molecule has 0 unspecified atom stereocenters. The van der Waals surface area contributed by atoms with E-state index >= 15 is 0 Å². The third kappa shape index (κ3) is 4.19. The Labute approximate surface area is 158 Å². The maximum absolute atomic E-state index is 5.46. The normalized spacial score (nSPS) is 19.8. The zero-order valence-electron chi connectivity index (χ0n) is 15.3. The van der Waals surface area contributed by atoms with Crippen LogP contribution < -0.4 is 4.90 Å². The van der Waals surface area contributed by atoms with Gasteiger partial charge in [0.15, 0.2) is 0 Å². The molecule has 2 aromatic heterocycles. The van der Waals surface area contributed by atoms with E-state index in [9.17, 15) is 0 Å². The third-order valence-corrected chi connectivity index (χ3v) is 6.02. The van der Waals surface area contributed by atoms with Gasteiger partial charge in [-0.3, -0.25) is 4.90 Å². The summed E-state index contributed by atoms with van der Waals surface area (Å²) in [5, 5.41) is 4.15. The predicted molar refractivity (Wildman–Crippen MR) is 104 cm³/mol. The molecule has 7 nitrogen and oxygen atoms in total.